The Morgan fingerprint density at radius 2 is 1.47 bits per heavy atom. The van der Waals surface area contributed by atoms with Crippen LogP contribution < -0.4 is 0 Å². The molecule has 0 aliphatic heterocycles. The molecular formula is C11H6BrF3. The lowest BCUT2D eigenvalue weighted by Gasteiger charge is -2.10. The lowest BCUT2D eigenvalue weighted by Crippen LogP contribution is -2.05. The minimum atomic E-state index is -4.31. The third-order valence-corrected chi connectivity index (χ3v) is 2.87. The van der Waals surface area contributed by atoms with Crippen molar-refractivity contribution >= 4 is 26.7 Å². The van der Waals surface area contributed by atoms with Gasteiger partial charge in [0.05, 0.1) is 5.56 Å². The molecule has 0 radical (unpaired) electrons. The van der Waals surface area contributed by atoms with E-state index in [0.717, 1.165) is 6.07 Å². The van der Waals surface area contributed by atoms with Crippen molar-refractivity contribution in [3.63, 3.8) is 0 Å². The van der Waals surface area contributed by atoms with Crippen LogP contribution in [0.25, 0.3) is 10.8 Å². The van der Waals surface area contributed by atoms with Crippen LogP contribution in [0.4, 0.5) is 13.2 Å². The Morgan fingerprint density at radius 1 is 0.867 bits per heavy atom. The molecule has 0 aliphatic rings. The first-order valence-corrected chi connectivity index (χ1v) is 5.04. The maximum atomic E-state index is 12.6. The van der Waals surface area contributed by atoms with Gasteiger partial charge < -0.3 is 0 Å². The highest BCUT2D eigenvalue weighted by Crippen LogP contribution is 2.36. The molecule has 0 unspecified atom stereocenters. The van der Waals surface area contributed by atoms with E-state index < -0.39 is 11.7 Å². The molecule has 4 heteroatoms. The smallest absolute Gasteiger partial charge is 0.166 e. The first-order chi connectivity index (χ1) is 7.00. The van der Waals surface area contributed by atoms with Crippen molar-refractivity contribution in [1.82, 2.24) is 0 Å². The van der Waals surface area contributed by atoms with Gasteiger partial charge in [-0.2, -0.15) is 13.2 Å². The molecule has 0 N–H and O–H groups in total. The Kier molecular flexibility index (Phi) is 2.46. The highest BCUT2D eigenvalue weighted by Gasteiger charge is 2.32. The molecule has 0 fully saturated rings. The molecule has 0 aromatic heterocycles. The number of alkyl halides is 3. The summed E-state index contributed by atoms with van der Waals surface area (Å²) in [5.41, 5.74) is -0.596. The molecule has 0 saturated heterocycles. The van der Waals surface area contributed by atoms with Crippen LogP contribution in [-0.2, 0) is 6.18 Å². The molecular weight excluding hydrogens is 269 g/mol. The third kappa shape index (κ3) is 1.86. The molecule has 0 amide bonds. The summed E-state index contributed by atoms with van der Waals surface area (Å²) in [4.78, 5) is 0. The predicted octanol–water partition coefficient (Wildman–Crippen LogP) is 4.62. The van der Waals surface area contributed by atoms with E-state index in [0.29, 0.717) is 9.86 Å². The summed E-state index contributed by atoms with van der Waals surface area (Å²) in [6, 6.07) is 8.96. The molecule has 0 bridgehead atoms. The minimum absolute atomic E-state index is 0.222. The highest BCUT2D eigenvalue weighted by molar-refractivity contribution is 9.10. The van der Waals surface area contributed by atoms with Gasteiger partial charge in [0.25, 0.3) is 0 Å². The monoisotopic (exact) mass is 274 g/mol. The van der Waals surface area contributed by atoms with Gasteiger partial charge in [-0.05, 0) is 22.9 Å². The van der Waals surface area contributed by atoms with Crippen LogP contribution in [0.5, 0.6) is 0 Å². The van der Waals surface area contributed by atoms with E-state index in [1.807, 2.05) is 0 Å². The Labute approximate surface area is 92.8 Å². The molecule has 2 aromatic rings. The van der Waals surface area contributed by atoms with Crippen molar-refractivity contribution in [3.05, 3.63) is 46.4 Å². The standard InChI is InChI=1S/C11H6BrF3/c12-10-6-2-3-7-8(10)4-1-5-9(7)11(13,14)15/h1-6H. The first-order valence-electron chi connectivity index (χ1n) is 4.24. The second-order valence-electron chi connectivity index (χ2n) is 3.14. The van der Waals surface area contributed by atoms with E-state index in [4.69, 9.17) is 0 Å². The zero-order chi connectivity index (χ0) is 11.1. The average Bonchev–Trinajstić information content (AvgIpc) is 2.16. The third-order valence-electron chi connectivity index (χ3n) is 2.17. The fraction of sp³-hybridized carbons (Fsp3) is 0.0909. The van der Waals surface area contributed by atoms with Gasteiger partial charge in [0.15, 0.2) is 0 Å². The maximum Gasteiger partial charge on any atom is 0.417 e. The summed E-state index contributed by atoms with van der Waals surface area (Å²) in [6.07, 6.45) is -4.31. The van der Waals surface area contributed by atoms with Gasteiger partial charge in [0, 0.05) is 4.47 Å². The number of benzene rings is 2. The lowest BCUT2D eigenvalue weighted by atomic mass is 10.0. The van der Waals surface area contributed by atoms with Gasteiger partial charge >= 0.3 is 6.18 Å². The Morgan fingerprint density at radius 3 is 2.13 bits per heavy atom. The molecule has 15 heavy (non-hydrogen) atoms. The summed E-state index contributed by atoms with van der Waals surface area (Å²) in [5, 5.41) is 0.798. The summed E-state index contributed by atoms with van der Waals surface area (Å²) >= 11 is 3.23. The van der Waals surface area contributed by atoms with E-state index in [1.54, 1.807) is 18.2 Å². The Hall–Kier alpha value is -1.03. The second-order valence-corrected chi connectivity index (χ2v) is 3.99. The zero-order valence-electron chi connectivity index (χ0n) is 7.48. The van der Waals surface area contributed by atoms with Crippen molar-refractivity contribution in [2.75, 3.05) is 0 Å². The van der Waals surface area contributed by atoms with Crippen LogP contribution in [0.1, 0.15) is 5.56 Å². The van der Waals surface area contributed by atoms with E-state index in [2.05, 4.69) is 15.9 Å². The fourth-order valence-corrected chi connectivity index (χ4v) is 2.02. The van der Waals surface area contributed by atoms with E-state index >= 15 is 0 Å². The van der Waals surface area contributed by atoms with E-state index in [1.165, 1.54) is 12.1 Å². The molecule has 78 valence electrons. The molecule has 0 atom stereocenters. The minimum Gasteiger partial charge on any atom is -0.166 e. The van der Waals surface area contributed by atoms with Crippen molar-refractivity contribution in [2.24, 2.45) is 0 Å². The number of halogens is 4. The SMILES string of the molecule is FC(F)(F)c1cccc2c(Br)cccc12. The van der Waals surface area contributed by atoms with Gasteiger partial charge in [-0.25, -0.2) is 0 Å². The Balaban J connectivity index is 2.83. The topological polar surface area (TPSA) is 0 Å². The highest BCUT2D eigenvalue weighted by atomic mass is 79.9. The summed E-state index contributed by atoms with van der Waals surface area (Å²) in [5.74, 6) is 0. The van der Waals surface area contributed by atoms with Crippen LogP contribution in [0.3, 0.4) is 0 Å². The van der Waals surface area contributed by atoms with Crippen molar-refractivity contribution in [1.29, 1.82) is 0 Å². The number of rotatable bonds is 0. The Bertz CT molecular complexity index is 503. The quantitative estimate of drug-likeness (QED) is 0.658. The van der Waals surface area contributed by atoms with Crippen molar-refractivity contribution < 1.29 is 13.2 Å². The van der Waals surface area contributed by atoms with Gasteiger partial charge in [-0.1, -0.05) is 40.2 Å². The number of hydrogen-bond acceptors (Lipinski definition) is 0. The van der Waals surface area contributed by atoms with Gasteiger partial charge in [0.1, 0.15) is 0 Å². The average molecular weight is 275 g/mol. The molecule has 0 aliphatic carbocycles. The van der Waals surface area contributed by atoms with Crippen LogP contribution in [0.15, 0.2) is 40.9 Å². The molecule has 2 rings (SSSR count). The van der Waals surface area contributed by atoms with Gasteiger partial charge in [0.2, 0.25) is 0 Å². The van der Waals surface area contributed by atoms with Crippen LogP contribution in [0, 0.1) is 0 Å². The molecule has 2 aromatic carbocycles. The van der Waals surface area contributed by atoms with E-state index in [-0.39, 0.29) is 5.39 Å². The van der Waals surface area contributed by atoms with Crippen LogP contribution in [-0.4, -0.2) is 0 Å². The molecule has 0 saturated carbocycles. The van der Waals surface area contributed by atoms with Gasteiger partial charge in [-0.3, -0.25) is 0 Å². The van der Waals surface area contributed by atoms with E-state index in [9.17, 15) is 13.2 Å². The fourth-order valence-electron chi connectivity index (χ4n) is 1.52. The predicted molar refractivity (Wildman–Crippen MR) is 56.7 cm³/mol. The zero-order valence-corrected chi connectivity index (χ0v) is 9.06. The second kappa shape index (κ2) is 3.52. The maximum absolute atomic E-state index is 12.6. The largest absolute Gasteiger partial charge is 0.417 e. The van der Waals surface area contributed by atoms with Gasteiger partial charge in [-0.15, -0.1) is 0 Å². The summed E-state index contributed by atoms with van der Waals surface area (Å²) in [6.45, 7) is 0. The molecule has 0 heterocycles. The molecule has 0 nitrogen and oxygen atoms in total. The van der Waals surface area contributed by atoms with Crippen LogP contribution in [0.2, 0.25) is 0 Å². The summed E-state index contributed by atoms with van der Waals surface area (Å²) in [7, 11) is 0. The first kappa shape index (κ1) is 10.5. The normalized spacial score (nSPS) is 12.0. The van der Waals surface area contributed by atoms with Crippen LogP contribution >= 0.6 is 15.9 Å². The number of fused-ring (bicyclic) bond motifs is 1. The summed E-state index contributed by atoms with van der Waals surface area (Å²) < 4.78 is 38.6. The van der Waals surface area contributed by atoms with Crippen molar-refractivity contribution in [2.45, 2.75) is 6.18 Å². The van der Waals surface area contributed by atoms with Crippen molar-refractivity contribution in [3.8, 4) is 0 Å². The molecule has 0 spiro atoms. The number of hydrogen-bond donors (Lipinski definition) is 0. The lowest BCUT2D eigenvalue weighted by molar-refractivity contribution is -0.136.